The molecule has 0 saturated carbocycles. The van der Waals surface area contributed by atoms with Crippen LogP contribution in [0.5, 0.6) is 0 Å². The van der Waals surface area contributed by atoms with Crippen molar-refractivity contribution in [3.63, 3.8) is 0 Å². The Labute approximate surface area is 235 Å². The summed E-state index contributed by atoms with van der Waals surface area (Å²) >= 11 is 0. The van der Waals surface area contributed by atoms with Crippen molar-refractivity contribution < 1.29 is 19.1 Å². The summed E-state index contributed by atoms with van der Waals surface area (Å²) in [5.41, 5.74) is 13.0. The predicted molar refractivity (Wildman–Crippen MR) is 157 cm³/mol. The molecule has 4 rings (SSSR count). The van der Waals surface area contributed by atoms with Crippen molar-refractivity contribution >= 4 is 17.7 Å². The Balaban J connectivity index is 1.79. The van der Waals surface area contributed by atoms with Gasteiger partial charge in [-0.2, -0.15) is 0 Å². The maximum Gasteiger partial charge on any atom is 0.338 e. The number of nitrogens with zero attached hydrogens (tertiary/aromatic N) is 1. The molecule has 40 heavy (non-hydrogen) atoms. The minimum atomic E-state index is -0.987. The molecule has 1 heterocycles. The quantitative estimate of drug-likeness (QED) is 0.140. The first-order valence-electron chi connectivity index (χ1n) is 13.8. The summed E-state index contributed by atoms with van der Waals surface area (Å²) in [5, 5.41) is 0. The van der Waals surface area contributed by atoms with E-state index in [4.69, 9.17) is 10.5 Å². The van der Waals surface area contributed by atoms with Crippen LogP contribution in [0.3, 0.4) is 0 Å². The number of hydrogen-bond donors (Lipinski definition) is 1. The molecule has 206 valence electrons. The molecule has 0 aliphatic rings. The average molecular weight is 537 g/mol. The van der Waals surface area contributed by atoms with Gasteiger partial charge in [-0.3, -0.25) is 9.59 Å². The van der Waals surface area contributed by atoms with Crippen molar-refractivity contribution in [2.45, 2.75) is 53.0 Å². The molecule has 4 aromatic rings. The molecule has 0 fully saturated rings. The summed E-state index contributed by atoms with van der Waals surface area (Å²) < 4.78 is 7.40. The minimum absolute atomic E-state index is 0.262. The van der Waals surface area contributed by atoms with Gasteiger partial charge in [0, 0.05) is 24.4 Å². The second-order valence-electron chi connectivity index (χ2n) is 9.95. The van der Waals surface area contributed by atoms with E-state index in [1.54, 1.807) is 19.1 Å². The number of rotatable bonds is 12. The van der Waals surface area contributed by atoms with Crippen molar-refractivity contribution in [1.29, 1.82) is 0 Å². The molecule has 0 radical (unpaired) electrons. The van der Waals surface area contributed by atoms with Crippen molar-refractivity contribution in [2.24, 2.45) is 5.73 Å². The Morgan fingerprint density at radius 2 is 1.50 bits per heavy atom. The van der Waals surface area contributed by atoms with Gasteiger partial charge in [0.05, 0.1) is 17.7 Å². The second kappa shape index (κ2) is 13.1. The summed E-state index contributed by atoms with van der Waals surface area (Å²) in [7, 11) is 0. The lowest BCUT2D eigenvalue weighted by atomic mass is 9.94. The number of primary amides is 1. The highest BCUT2D eigenvalue weighted by Gasteiger charge is 2.28. The summed E-state index contributed by atoms with van der Waals surface area (Å²) in [6.07, 6.45) is 2.52. The summed E-state index contributed by atoms with van der Waals surface area (Å²) in [5.74, 6) is -2.10. The number of carbonyl (C=O) groups excluding carboxylic acids is 3. The maximum atomic E-state index is 13.3. The molecular weight excluding hydrogens is 500 g/mol. The van der Waals surface area contributed by atoms with Gasteiger partial charge in [-0.1, -0.05) is 86.1 Å². The first-order valence-corrected chi connectivity index (χ1v) is 13.8. The molecule has 0 unspecified atom stereocenters. The number of nitrogens with two attached hydrogens (primary N) is 1. The maximum absolute atomic E-state index is 13.3. The van der Waals surface area contributed by atoms with Crippen LogP contribution < -0.4 is 5.73 Å². The molecule has 6 nitrogen and oxygen atoms in total. The van der Waals surface area contributed by atoms with Gasteiger partial charge in [-0.25, -0.2) is 4.79 Å². The van der Waals surface area contributed by atoms with Crippen molar-refractivity contribution in [2.75, 3.05) is 6.61 Å². The van der Waals surface area contributed by atoms with E-state index in [1.165, 1.54) is 11.1 Å². The highest BCUT2D eigenvalue weighted by atomic mass is 16.5. The Morgan fingerprint density at radius 1 is 0.825 bits per heavy atom. The van der Waals surface area contributed by atoms with Gasteiger partial charge in [0.1, 0.15) is 0 Å². The third kappa shape index (κ3) is 6.40. The summed E-state index contributed by atoms with van der Waals surface area (Å²) in [6, 6.07) is 26.0. The molecule has 0 bridgehead atoms. The Hall–Kier alpha value is -4.45. The van der Waals surface area contributed by atoms with E-state index in [-0.39, 0.29) is 6.61 Å². The van der Waals surface area contributed by atoms with Gasteiger partial charge in [-0.15, -0.1) is 0 Å². The first kappa shape index (κ1) is 28.6. The topological polar surface area (TPSA) is 91.4 Å². The van der Waals surface area contributed by atoms with E-state index in [2.05, 4.69) is 41.0 Å². The van der Waals surface area contributed by atoms with E-state index < -0.39 is 17.7 Å². The van der Waals surface area contributed by atoms with Crippen LogP contribution in [-0.4, -0.2) is 28.8 Å². The zero-order valence-electron chi connectivity index (χ0n) is 23.4. The fourth-order valence-corrected chi connectivity index (χ4v) is 5.30. The van der Waals surface area contributed by atoms with Crippen LogP contribution in [0.2, 0.25) is 0 Å². The zero-order chi connectivity index (χ0) is 28.6. The molecule has 6 heteroatoms. The van der Waals surface area contributed by atoms with Gasteiger partial charge >= 0.3 is 5.97 Å². The lowest BCUT2D eigenvalue weighted by molar-refractivity contribution is -0.114. The van der Waals surface area contributed by atoms with E-state index >= 15 is 0 Å². The molecule has 0 spiro atoms. The van der Waals surface area contributed by atoms with Crippen LogP contribution in [0.4, 0.5) is 0 Å². The number of esters is 1. The number of Topliss-reactive ketones (excluding diaryl/α,β-unsaturated/α-hetero) is 1. The van der Waals surface area contributed by atoms with Crippen molar-refractivity contribution in [1.82, 2.24) is 4.57 Å². The number of aromatic nitrogens is 1. The molecule has 3 aromatic carbocycles. The van der Waals surface area contributed by atoms with Crippen molar-refractivity contribution in [3.05, 3.63) is 129 Å². The number of benzene rings is 3. The first-order chi connectivity index (χ1) is 19.3. The highest BCUT2D eigenvalue weighted by Crippen LogP contribution is 2.30. The van der Waals surface area contributed by atoms with Crippen LogP contribution in [0, 0.1) is 6.92 Å². The number of carbonyl (C=O) groups is 3. The van der Waals surface area contributed by atoms with Crippen LogP contribution in [0.15, 0.2) is 78.9 Å². The normalized spacial score (nSPS) is 10.9. The van der Waals surface area contributed by atoms with E-state index in [1.807, 2.05) is 44.2 Å². The molecule has 0 aliphatic carbocycles. The van der Waals surface area contributed by atoms with Gasteiger partial charge < -0.3 is 15.0 Å². The van der Waals surface area contributed by atoms with Crippen LogP contribution >= 0.6 is 0 Å². The smallest absolute Gasteiger partial charge is 0.338 e. The molecule has 1 aromatic heterocycles. The summed E-state index contributed by atoms with van der Waals surface area (Å²) in [4.78, 5) is 38.2. The molecule has 2 N–H and O–H groups in total. The molecule has 1 amide bonds. The number of hydrogen-bond acceptors (Lipinski definition) is 4. The largest absolute Gasteiger partial charge is 0.462 e. The van der Waals surface area contributed by atoms with Crippen molar-refractivity contribution in [3.8, 4) is 0 Å². The zero-order valence-corrected chi connectivity index (χ0v) is 23.4. The van der Waals surface area contributed by atoms with Crippen LogP contribution in [0.25, 0.3) is 0 Å². The van der Waals surface area contributed by atoms with Crippen LogP contribution in [0.1, 0.15) is 80.2 Å². The molecule has 0 aliphatic heterocycles. The van der Waals surface area contributed by atoms with E-state index in [9.17, 15) is 14.4 Å². The van der Waals surface area contributed by atoms with E-state index in [0.29, 0.717) is 36.1 Å². The molecule has 0 atom stereocenters. The van der Waals surface area contributed by atoms with Gasteiger partial charge in [0.2, 0.25) is 0 Å². The van der Waals surface area contributed by atoms with Crippen LogP contribution in [-0.2, 0) is 35.3 Å². The molecule has 0 saturated heterocycles. The average Bonchev–Trinajstić information content (AvgIpc) is 3.19. The van der Waals surface area contributed by atoms with Gasteiger partial charge in [0.25, 0.3) is 11.7 Å². The Bertz CT molecular complexity index is 1520. The SMILES string of the molecule is CCCc1c(C(=O)C(N)=O)c(Cc2ccccc2C(=O)OCC)c(C)n1Cc1cccc(Cc2ccccc2)c1. The van der Waals surface area contributed by atoms with Gasteiger partial charge in [-0.05, 0) is 60.6 Å². The third-order valence-corrected chi connectivity index (χ3v) is 7.16. The number of ketones is 1. The standard InChI is InChI=1S/C34H36N2O4/c1-4-12-30-31(32(37)33(35)38)29(21-27-17-9-10-18-28(27)34(39)40-5-2)23(3)36(30)22-26-16-11-15-25(20-26)19-24-13-7-6-8-14-24/h6-11,13-18,20H,4-5,12,19,21-22H2,1-3H3,(H2,35,38). The lowest BCUT2D eigenvalue weighted by Gasteiger charge is -2.14. The minimum Gasteiger partial charge on any atom is -0.462 e. The Kier molecular flexibility index (Phi) is 9.33. The lowest BCUT2D eigenvalue weighted by Crippen LogP contribution is -2.25. The molecular formula is C34H36N2O4. The Morgan fingerprint density at radius 3 is 2.20 bits per heavy atom. The van der Waals surface area contributed by atoms with E-state index in [0.717, 1.165) is 35.4 Å². The fraction of sp³-hybridized carbons (Fsp3) is 0.265. The second-order valence-corrected chi connectivity index (χ2v) is 9.95. The monoisotopic (exact) mass is 536 g/mol. The fourth-order valence-electron chi connectivity index (χ4n) is 5.30. The summed E-state index contributed by atoms with van der Waals surface area (Å²) in [6.45, 7) is 6.58. The number of ether oxygens (including phenoxy) is 1. The highest BCUT2D eigenvalue weighted by molar-refractivity contribution is 6.43. The predicted octanol–water partition coefficient (Wildman–Crippen LogP) is 5.82. The van der Waals surface area contributed by atoms with Gasteiger partial charge in [0.15, 0.2) is 0 Å². The third-order valence-electron chi connectivity index (χ3n) is 7.16. The number of amides is 1.